The molecule has 7 nitrogen and oxygen atoms in total. The number of likely N-dealkylation sites (tertiary alicyclic amines) is 1. The van der Waals surface area contributed by atoms with Crippen molar-refractivity contribution in [2.24, 2.45) is 5.92 Å². The third-order valence-corrected chi connectivity index (χ3v) is 5.49. The molecule has 0 aromatic carbocycles. The molecule has 3 fully saturated rings. The lowest BCUT2D eigenvalue weighted by atomic mass is 9.95. The topological polar surface area (TPSA) is 65.1 Å². The van der Waals surface area contributed by atoms with Crippen LogP contribution in [0.2, 0.25) is 0 Å². The minimum Gasteiger partial charge on any atom is -0.373 e. The number of hydrogen-bond donors (Lipinski definition) is 1. The van der Waals surface area contributed by atoms with E-state index < -0.39 is 0 Å². The summed E-state index contributed by atoms with van der Waals surface area (Å²) in [6.45, 7) is 11.0. The van der Waals surface area contributed by atoms with Crippen molar-refractivity contribution in [3.05, 3.63) is 0 Å². The van der Waals surface area contributed by atoms with Crippen LogP contribution >= 0.6 is 0 Å². The number of rotatable bonds is 4. The first-order valence-corrected chi connectivity index (χ1v) is 9.65. The van der Waals surface area contributed by atoms with Crippen LogP contribution in [0.5, 0.6) is 0 Å². The van der Waals surface area contributed by atoms with Gasteiger partial charge in [-0.15, -0.1) is 0 Å². The van der Waals surface area contributed by atoms with E-state index in [1.165, 1.54) is 0 Å². The third-order valence-electron chi connectivity index (χ3n) is 5.49. The molecular weight excluding hydrogens is 320 g/mol. The number of hydrogen-bond acceptors (Lipinski definition) is 5. The molecule has 0 aromatic rings. The maximum Gasteiger partial charge on any atom is 0.242 e. The van der Waals surface area contributed by atoms with Crippen molar-refractivity contribution in [2.75, 3.05) is 58.9 Å². The Kier molecular flexibility index (Phi) is 6.30. The lowest BCUT2D eigenvalue weighted by Crippen LogP contribution is -2.53. The minimum atomic E-state index is 0.0324. The number of amides is 2. The predicted octanol–water partition coefficient (Wildman–Crippen LogP) is -0.234. The predicted molar refractivity (Wildman–Crippen MR) is 95.2 cm³/mol. The third kappa shape index (κ3) is 5.15. The Balaban J connectivity index is 1.40. The zero-order valence-corrected chi connectivity index (χ0v) is 15.6. The second kappa shape index (κ2) is 8.47. The summed E-state index contributed by atoms with van der Waals surface area (Å²) >= 11 is 0. The molecule has 0 radical (unpaired) electrons. The molecule has 3 heterocycles. The highest BCUT2D eigenvalue weighted by molar-refractivity contribution is 5.86. The van der Waals surface area contributed by atoms with Gasteiger partial charge in [-0.2, -0.15) is 0 Å². The molecule has 7 heteroatoms. The maximum atomic E-state index is 12.5. The van der Waals surface area contributed by atoms with E-state index in [0.717, 1.165) is 52.1 Å². The van der Waals surface area contributed by atoms with Gasteiger partial charge in [-0.1, -0.05) is 0 Å². The number of piperazine rings is 1. The summed E-state index contributed by atoms with van der Waals surface area (Å²) in [6, 6.07) is 0. The molecule has 142 valence electrons. The molecule has 2 atom stereocenters. The summed E-state index contributed by atoms with van der Waals surface area (Å²) in [5, 5.41) is 3.04. The number of carbonyl (C=O) groups is 2. The minimum absolute atomic E-state index is 0.0324. The summed E-state index contributed by atoms with van der Waals surface area (Å²) < 4.78 is 5.80. The molecule has 0 aromatic heterocycles. The number of morpholine rings is 1. The van der Waals surface area contributed by atoms with Crippen molar-refractivity contribution in [2.45, 2.75) is 38.9 Å². The van der Waals surface area contributed by atoms with Gasteiger partial charge in [-0.3, -0.25) is 14.5 Å². The van der Waals surface area contributed by atoms with Gasteiger partial charge in [0.05, 0.1) is 25.3 Å². The first-order chi connectivity index (χ1) is 12.0. The van der Waals surface area contributed by atoms with E-state index in [1.807, 2.05) is 4.90 Å². The van der Waals surface area contributed by atoms with Gasteiger partial charge in [0.15, 0.2) is 0 Å². The number of ether oxygens (including phenoxy) is 1. The molecular formula is C18H32N4O3. The molecule has 0 saturated carbocycles. The van der Waals surface area contributed by atoms with Gasteiger partial charge < -0.3 is 19.9 Å². The average Bonchev–Trinajstić information content (AvgIpc) is 2.56. The average molecular weight is 352 g/mol. The van der Waals surface area contributed by atoms with Crippen LogP contribution in [0.4, 0.5) is 0 Å². The van der Waals surface area contributed by atoms with Crippen LogP contribution in [0.3, 0.4) is 0 Å². The van der Waals surface area contributed by atoms with Gasteiger partial charge in [0.2, 0.25) is 11.8 Å². The van der Waals surface area contributed by atoms with Crippen molar-refractivity contribution in [3.8, 4) is 0 Å². The van der Waals surface area contributed by atoms with Crippen molar-refractivity contribution in [3.63, 3.8) is 0 Å². The fourth-order valence-corrected chi connectivity index (χ4v) is 4.24. The van der Waals surface area contributed by atoms with E-state index in [0.29, 0.717) is 31.2 Å². The van der Waals surface area contributed by atoms with Crippen LogP contribution in [0.1, 0.15) is 26.7 Å². The Morgan fingerprint density at radius 1 is 1.16 bits per heavy atom. The van der Waals surface area contributed by atoms with Crippen LogP contribution < -0.4 is 5.32 Å². The largest absolute Gasteiger partial charge is 0.373 e. The molecule has 2 amide bonds. The molecule has 1 N–H and O–H groups in total. The van der Waals surface area contributed by atoms with E-state index in [4.69, 9.17) is 4.74 Å². The van der Waals surface area contributed by atoms with Gasteiger partial charge in [0.25, 0.3) is 0 Å². The van der Waals surface area contributed by atoms with Gasteiger partial charge in [-0.05, 0) is 32.6 Å². The van der Waals surface area contributed by atoms with Crippen LogP contribution in [-0.2, 0) is 14.3 Å². The summed E-state index contributed by atoms with van der Waals surface area (Å²) in [5.41, 5.74) is 0. The molecule has 3 aliphatic rings. The second-order valence-corrected chi connectivity index (χ2v) is 7.79. The summed E-state index contributed by atoms with van der Waals surface area (Å²) in [6.07, 6.45) is 2.73. The fraction of sp³-hybridized carbons (Fsp3) is 0.889. The van der Waals surface area contributed by atoms with Crippen LogP contribution in [0, 0.1) is 5.92 Å². The fourth-order valence-electron chi connectivity index (χ4n) is 4.24. The van der Waals surface area contributed by atoms with E-state index in [-0.39, 0.29) is 18.4 Å². The molecule has 0 unspecified atom stereocenters. The molecule has 0 spiro atoms. The Morgan fingerprint density at radius 3 is 2.48 bits per heavy atom. The quantitative estimate of drug-likeness (QED) is 0.757. The van der Waals surface area contributed by atoms with Crippen LogP contribution in [0.15, 0.2) is 0 Å². The van der Waals surface area contributed by atoms with Crippen molar-refractivity contribution < 1.29 is 14.3 Å². The van der Waals surface area contributed by atoms with E-state index >= 15 is 0 Å². The number of piperidine rings is 1. The van der Waals surface area contributed by atoms with Gasteiger partial charge in [0.1, 0.15) is 0 Å². The molecule has 3 saturated heterocycles. The van der Waals surface area contributed by atoms with Crippen molar-refractivity contribution >= 4 is 11.8 Å². The van der Waals surface area contributed by atoms with Crippen LogP contribution in [-0.4, -0.2) is 97.6 Å². The highest BCUT2D eigenvalue weighted by atomic mass is 16.5. The molecule has 3 aliphatic heterocycles. The van der Waals surface area contributed by atoms with E-state index in [1.54, 1.807) is 4.90 Å². The second-order valence-electron chi connectivity index (χ2n) is 7.79. The zero-order valence-electron chi connectivity index (χ0n) is 15.6. The highest BCUT2D eigenvalue weighted by Gasteiger charge is 2.29. The number of nitrogens with one attached hydrogen (secondary N) is 1. The number of nitrogens with zero attached hydrogens (tertiary/aromatic N) is 3. The SMILES string of the molecule is C[C@@H]1CN(CC2CCN(C(=O)CN3CCNCC3=O)CC2)C[C@H](C)O1. The summed E-state index contributed by atoms with van der Waals surface area (Å²) in [5.74, 6) is 0.787. The van der Waals surface area contributed by atoms with E-state index in [2.05, 4.69) is 24.1 Å². The summed E-state index contributed by atoms with van der Waals surface area (Å²) in [7, 11) is 0. The normalized spacial score (nSPS) is 29.9. The first-order valence-electron chi connectivity index (χ1n) is 9.65. The molecule has 25 heavy (non-hydrogen) atoms. The van der Waals surface area contributed by atoms with Crippen molar-refractivity contribution in [1.82, 2.24) is 20.0 Å². The standard InChI is InChI=1S/C18H32N4O3/c1-14-10-20(11-15(2)25-14)12-16-3-6-21(7-4-16)18(24)13-22-8-5-19-9-17(22)23/h14-16,19H,3-13H2,1-2H3/t14-,15+. The summed E-state index contributed by atoms with van der Waals surface area (Å²) in [4.78, 5) is 30.4. The molecule has 0 aliphatic carbocycles. The Labute approximate surface area is 150 Å². The first kappa shape index (κ1) is 18.6. The zero-order chi connectivity index (χ0) is 17.8. The number of carbonyl (C=O) groups excluding carboxylic acids is 2. The molecule has 0 bridgehead atoms. The highest BCUT2D eigenvalue weighted by Crippen LogP contribution is 2.21. The molecule has 3 rings (SSSR count). The van der Waals surface area contributed by atoms with Crippen molar-refractivity contribution in [1.29, 1.82) is 0 Å². The Hall–Kier alpha value is -1.18. The monoisotopic (exact) mass is 352 g/mol. The lowest BCUT2D eigenvalue weighted by molar-refractivity contribution is -0.142. The van der Waals surface area contributed by atoms with E-state index in [9.17, 15) is 9.59 Å². The maximum absolute atomic E-state index is 12.5. The lowest BCUT2D eigenvalue weighted by Gasteiger charge is -2.40. The van der Waals surface area contributed by atoms with Gasteiger partial charge in [0, 0.05) is 45.8 Å². The van der Waals surface area contributed by atoms with Crippen LogP contribution in [0.25, 0.3) is 0 Å². The Bertz CT molecular complexity index is 469. The van der Waals surface area contributed by atoms with Gasteiger partial charge >= 0.3 is 0 Å². The Morgan fingerprint density at radius 2 is 1.84 bits per heavy atom. The van der Waals surface area contributed by atoms with Gasteiger partial charge in [-0.25, -0.2) is 0 Å². The smallest absolute Gasteiger partial charge is 0.242 e.